The van der Waals surface area contributed by atoms with Crippen molar-refractivity contribution in [2.24, 2.45) is 0 Å². The molecule has 0 fully saturated rings. The van der Waals surface area contributed by atoms with Crippen LogP contribution in [0.4, 0.5) is 10.7 Å². The van der Waals surface area contributed by atoms with Crippen LogP contribution in [0.1, 0.15) is 32.0 Å². The Bertz CT molecular complexity index is 625. The lowest BCUT2D eigenvalue weighted by Crippen LogP contribution is -2.27. The Morgan fingerprint density at radius 2 is 2.00 bits per heavy atom. The highest BCUT2D eigenvalue weighted by atomic mass is 16.6. The molecule has 0 saturated carbocycles. The predicted octanol–water partition coefficient (Wildman–Crippen LogP) is 2.69. The Morgan fingerprint density at radius 1 is 1.32 bits per heavy atom. The lowest BCUT2D eigenvalue weighted by molar-refractivity contribution is 0.0634. The number of carbonyl (C=O) groups is 1. The summed E-state index contributed by atoms with van der Waals surface area (Å²) in [5.41, 5.74) is 2.21. The van der Waals surface area contributed by atoms with Gasteiger partial charge in [0, 0.05) is 5.69 Å². The minimum Gasteiger partial charge on any atom is -0.444 e. The van der Waals surface area contributed by atoms with Crippen molar-refractivity contribution in [3.8, 4) is 0 Å². The first-order chi connectivity index (χ1) is 8.74. The molecule has 0 aliphatic heterocycles. The zero-order valence-electron chi connectivity index (χ0n) is 11.8. The number of anilines is 1. The number of fused-ring (bicyclic) bond motifs is 1. The summed E-state index contributed by atoms with van der Waals surface area (Å²) in [5.74, 6) is 0.239. The third-order valence-electron chi connectivity index (χ3n) is 2.37. The monoisotopic (exact) mass is 262 g/mol. The molecule has 2 heterocycles. The van der Waals surface area contributed by atoms with E-state index in [0.717, 1.165) is 11.3 Å². The normalized spacial score (nSPS) is 11.6. The van der Waals surface area contributed by atoms with Crippen LogP contribution in [0.15, 0.2) is 12.1 Å². The van der Waals surface area contributed by atoms with E-state index in [-0.39, 0.29) is 5.95 Å². The zero-order valence-corrected chi connectivity index (χ0v) is 11.8. The third kappa shape index (κ3) is 3.21. The van der Waals surface area contributed by atoms with Gasteiger partial charge in [-0.15, -0.1) is 5.10 Å². The van der Waals surface area contributed by atoms with Crippen molar-refractivity contribution in [1.29, 1.82) is 0 Å². The molecule has 0 bridgehead atoms. The topological polar surface area (TPSA) is 68.5 Å². The number of pyridine rings is 1. The number of nitrogens with zero attached hydrogens (tertiary/aromatic N) is 3. The molecule has 0 saturated heterocycles. The first-order valence-corrected chi connectivity index (χ1v) is 6.09. The van der Waals surface area contributed by atoms with Crippen molar-refractivity contribution in [1.82, 2.24) is 14.6 Å². The number of hydrogen-bond acceptors (Lipinski definition) is 4. The first-order valence-electron chi connectivity index (χ1n) is 6.09. The number of amides is 1. The van der Waals surface area contributed by atoms with Crippen molar-refractivity contribution in [3.63, 3.8) is 0 Å². The number of nitrogens with one attached hydrogen (secondary N) is 1. The van der Waals surface area contributed by atoms with Gasteiger partial charge in [-0.05, 0) is 52.3 Å². The second-order valence-electron chi connectivity index (χ2n) is 5.51. The van der Waals surface area contributed by atoms with Gasteiger partial charge in [-0.3, -0.25) is 5.32 Å². The molecule has 0 radical (unpaired) electrons. The molecule has 0 spiro atoms. The number of aromatic nitrogens is 3. The van der Waals surface area contributed by atoms with Gasteiger partial charge in [0.2, 0.25) is 0 Å². The molecule has 2 aromatic rings. The molecule has 2 rings (SSSR count). The molecular formula is C13H18N4O2. The fourth-order valence-electron chi connectivity index (χ4n) is 1.76. The van der Waals surface area contributed by atoms with E-state index in [1.165, 1.54) is 0 Å². The number of ether oxygens (including phenoxy) is 1. The molecule has 0 atom stereocenters. The molecule has 2 aromatic heterocycles. The zero-order chi connectivity index (χ0) is 14.2. The molecular weight excluding hydrogens is 244 g/mol. The van der Waals surface area contributed by atoms with Crippen LogP contribution in [0.25, 0.3) is 5.65 Å². The van der Waals surface area contributed by atoms with Gasteiger partial charge >= 0.3 is 6.09 Å². The van der Waals surface area contributed by atoms with Gasteiger partial charge in [-0.25, -0.2) is 9.31 Å². The Labute approximate surface area is 111 Å². The van der Waals surface area contributed by atoms with E-state index in [0.29, 0.717) is 5.65 Å². The Kier molecular flexibility index (Phi) is 3.18. The van der Waals surface area contributed by atoms with Crippen molar-refractivity contribution < 1.29 is 9.53 Å². The summed E-state index contributed by atoms with van der Waals surface area (Å²) in [6.07, 6.45) is -0.558. The lowest BCUT2D eigenvalue weighted by Gasteiger charge is -2.18. The Hall–Kier alpha value is -2.11. The minimum absolute atomic E-state index is 0.239. The maximum atomic E-state index is 11.6. The first kappa shape index (κ1) is 13.3. The van der Waals surface area contributed by atoms with Gasteiger partial charge in [0.15, 0.2) is 5.65 Å². The van der Waals surface area contributed by atoms with Gasteiger partial charge in [-0.2, -0.15) is 4.98 Å². The Morgan fingerprint density at radius 3 is 2.63 bits per heavy atom. The van der Waals surface area contributed by atoms with Crippen molar-refractivity contribution in [3.05, 3.63) is 23.4 Å². The number of carbonyl (C=O) groups excluding carboxylic acids is 1. The van der Waals surface area contributed by atoms with Gasteiger partial charge in [0.25, 0.3) is 5.95 Å². The van der Waals surface area contributed by atoms with Gasteiger partial charge in [0.05, 0.1) is 0 Å². The van der Waals surface area contributed by atoms with Gasteiger partial charge in [-0.1, -0.05) is 0 Å². The van der Waals surface area contributed by atoms with Crippen LogP contribution in [0.2, 0.25) is 0 Å². The molecule has 0 aliphatic carbocycles. The second-order valence-corrected chi connectivity index (χ2v) is 5.51. The van der Waals surface area contributed by atoms with E-state index in [1.807, 2.05) is 26.0 Å². The molecule has 6 heteroatoms. The van der Waals surface area contributed by atoms with Crippen LogP contribution in [-0.2, 0) is 4.74 Å². The molecule has 0 unspecified atom stereocenters. The highest BCUT2D eigenvalue weighted by molar-refractivity contribution is 5.82. The fourth-order valence-corrected chi connectivity index (χ4v) is 1.76. The summed E-state index contributed by atoms with van der Waals surface area (Å²) < 4.78 is 6.83. The standard InChI is InChI=1S/C13H18N4O2/c1-8-6-9(2)17-10(7-8)14-11(16-17)15-12(18)19-13(3,4)5/h6-7H,1-5H3,(H,15,16,18). The van der Waals surface area contributed by atoms with Crippen LogP contribution < -0.4 is 5.32 Å². The maximum absolute atomic E-state index is 11.6. The van der Waals surface area contributed by atoms with Crippen LogP contribution in [0.3, 0.4) is 0 Å². The quantitative estimate of drug-likeness (QED) is 0.858. The number of rotatable bonds is 1. The molecule has 102 valence electrons. The van der Waals surface area contributed by atoms with E-state index >= 15 is 0 Å². The van der Waals surface area contributed by atoms with E-state index in [4.69, 9.17) is 4.74 Å². The average molecular weight is 262 g/mol. The second kappa shape index (κ2) is 4.53. The summed E-state index contributed by atoms with van der Waals surface area (Å²) in [7, 11) is 0. The van der Waals surface area contributed by atoms with Crippen molar-refractivity contribution in [2.75, 3.05) is 5.32 Å². The van der Waals surface area contributed by atoms with Crippen molar-refractivity contribution >= 4 is 17.7 Å². The molecule has 0 aliphatic rings. The van der Waals surface area contributed by atoms with Gasteiger partial charge in [0.1, 0.15) is 5.60 Å². The molecule has 1 N–H and O–H groups in total. The van der Waals surface area contributed by atoms with E-state index in [9.17, 15) is 4.79 Å². The third-order valence-corrected chi connectivity index (χ3v) is 2.37. The van der Waals surface area contributed by atoms with Crippen LogP contribution in [-0.4, -0.2) is 26.3 Å². The molecule has 1 amide bonds. The largest absolute Gasteiger partial charge is 0.444 e. The van der Waals surface area contributed by atoms with Crippen molar-refractivity contribution in [2.45, 2.75) is 40.2 Å². The summed E-state index contributed by atoms with van der Waals surface area (Å²) in [6, 6.07) is 3.90. The maximum Gasteiger partial charge on any atom is 0.414 e. The summed E-state index contributed by atoms with van der Waals surface area (Å²) in [4.78, 5) is 15.9. The smallest absolute Gasteiger partial charge is 0.414 e. The summed E-state index contributed by atoms with van der Waals surface area (Å²) in [6.45, 7) is 9.33. The average Bonchev–Trinajstić information content (AvgIpc) is 2.56. The van der Waals surface area contributed by atoms with E-state index in [2.05, 4.69) is 15.4 Å². The van der Waals surface area contributed by atoms with Crippen LogP contribution >= 0.6 is 0 Å². The minimum atomic E-state index is -0.558. The fraction of sp³-hybridized carbons (Fsp3) is 0.462. The van der Waals surface area contributed by atoms with E-state index < -0.39 is 11.7 Å². The number of aryl methyl sites for hydroxylation is 2. The SMILES string of the molecule is Cc1cc(C)n2nc(NC(=O)OC(C)(C)C)nc2c1. The van der Waals surface area contributed by atoms with E-state index in [1.54, 1.807) is 25.3 Å². The van der Waals surface area contributed by atoms with Crippen LogP contribution in [0, 0.1) is 13.8 Å². The number of hydrogen-bond donors (Lipinski definition) is 1. The lowest BCUT2D eigenvalue weighted by atomic mass is 10.2. The highest BCUT2D eigenvalue weighted by Gasteiger charge is 2.17. The molecule has 0 aromatic carbocycles. The predicted molar refractivity (Wildman–Crippen MR) is 72.3 cm³/mol. The van der Waals surface area contributed by atoms with Crippen LogP contribution in [0.5, 0.6) is 0 Å². The molecule has 6 nitrogen and oxygen atoms in total. The molecule has 19 heavy (non-hydrogen) atoms. The summed E-state index contributed by atoms with van der Waals surface area (Å²) >= 11 is 0. The Balaban J connectivity index is 2.23. The summed E-state index contributed by atoms with van der Waals surface area (Å²) in [5, 5.41) is 6.75. The highest BCUT2D eigenvalue weighted by Crippen LogP contribution is 2.13. The van der Waals surface area contributed by atoms with Gasteiger partial charge < -0.3 is 4.74 Å².